The quantitative estimate of drug-likeness (QED) is 0.717. The third-order valence-corrected chi connectivity index (χ3v) is 4.55. The SMILES string of the molecule is OCC1CCCN1CCCCNCc1cccc2c1OCO2. The summed E-state index contributed by atoms with van der Waals surface area (Å²) in [4.78, 5) is 2.43. The molecule has 1 unspecified atom stereocenters. The molecule has 2 heterocycles. The Bertz CT molecular complexity index is 481. The van der Waals surface area contributed by atoms with Gasteiger partial charge in [0.1, 0.15) is 0 Å². The lowest BCUT2D eigenvalue weighted by Gasteiger charge is -2.22. The first kappa shape index (κ1) is 15.6. The molecule has 0 aliphatic carbocycles. The number of ether oxygens (including phenoxy) is 2. The summed E-state index contributed by atoms with van der Waals surface area (Å²) in [6.45, 7) is 4.70. The maximum Gasteiger partial charge on any atom is 0.231 e. The van der Waals surface area contributed by atoms with Crippen LogP contribution in [0.25, 0.3) is 0 Å². The van der Waals surface area contributed by atoms with Crippen LogP contribution in [0, 0.1) is 0 Å². The molecule has 3 rings (SSSR count). The fourth-order valence-electron chi connectivity index (χ4n) is 3.31. The first-order chi connectivity index (χ1) is 10.9. The average Bonchev–Trinajstić information content (AvgIpc) is 3.19. The van der Waals surface area contributed by atoms with Crippen LogP contribution in [-0.4, -0.2) is 49.1 Å². The average molecular weight is 306 g/mol. The molecule has 0 amide bonds. The lowest BCUT2D eigenvalue weighted by molar-refractivity contribution is 0.157. The van der Waals surface area contributed by atoms with E-state index >= 15 is 0 Å². The Kier molecular flexibility index (Phi) is 5.53. The second kappa shape index (κ2) is 7.81. The van der Waals surface area contributed by atoms with Crippen molar-refractivity contribution in [2.45, 2.75) is 38.3 Å². The zero-order valence-corrected chi connectivity index (χ0v) is 13.1. The van der Waals surface area contributed by atoms with E-state index in [2.05, 4.69) is 16.3 Å². The summed E-state index contributed by atoms with van der Waals surface area (Å²) in [7, 11) is 0. The minimum Gasteiger partial charge on any atom is -0.454 e. The molecular formula is C17H26N2O3. The number of benzene rings is 1. The van der Waals surface area contributed by atoms with Crippen LogP contribution in [0.3, 0.4) is 0 Å². The number of fused-ring (bicyclic) bond motifs is 1. The number of rotatable bonds is 8. The lowest BCUT2D eigenvalue weighted by Crippen LogP contribution is -2.33. The highest BCUT2D eigenvalue weighted by molar-refractivity contribution is 5.48. The standard InChI is InChI=1S/C17H26N2O3/c20-12-15-6-4-10-19(15)9-2-1-8-18-11-14-5-3-7-16-17(14)22-13-21-16/h3,5,7,15,18,20H,1-2,4,6,8-13H2. The van der Waals surface area contributed by atoms with Crippen molar-refractivity contribution in [3.8, 4) is 11.5 Å². The van der Waals surface area contributed by atoms with E-state index in [1.54, 1.807) is 0 Å². The first-order valence-corrected chi connectivity index (χ1v) is 8.31. The zero-order valence-electron chi connectivity index (χ0n) is 13.1. The minimum absolute atomic E-state index is 0.305. The van der Waals surface area contributed by atoms with E-state index in [9.17, 15) is 5.11 Å². The summed E-state index contributed by atoms with van der Waals surface area (Å²) >= 11 is 0. The molecule has 1 aromatic carbocycles. The second-order valence-corrected chi connectivity index (χ2v) is 6.05. The van der Waals surface area contributed by atoms with E-state index in [1.165, 1.54) is 12.8 Å². The summed E-state index contributed by atoms with van der Waals surface area (Å²) in [6.07, 6.45) is 4.71. The highest BCUT2D eigenvalue weighted by Crippen LogP contribution is 2.35. The van der Waals surface area contributed by atoms with Crippen LogP contribution in [-0.2, 0) is 6.54 Å². The number of hydrogen-bond donors (Lipinski definition) is 2. The number of likely N-dealkylation sites (tertiary alicyclic amines) is 1. The van der Waals surface area contributed by atoms with Gasteiger partial charge in [0.2, 0.25) is 6.79 Å². The number of hydrogen-bond acceptors (Lipinski definition) is 5. The molecule has 1 fully saturated rings. The highest BCUT2D eigenvalue weighted by atomic mass is 16.7. The van der Waals surface area contributed by atoms with E-state index in [-0.39, 0.29) is 0 Å². The first-order valence-electron chi connectivity index (χ1n) is 8.31. The summed E-state index contributed by atoms with van der Waals surface area (Å²) in [5, 5.41) is 12.8. The van der Waals surface area contributed by atoms with Gasteiger partial charge in [0.05, 0.1) is 6.61 Å². The van der Waals surface area contributed by atoms with Gasteiger partial charge in [-0.3, -0.25) is 4.90 Å². The number of unbranched alkanes of at least 4 members (excludes halogenated alkanes) is 1. The Hall–Kier alpha value is -1.30. The Morgan fingerprint density at radius 1 is 1.27 bits per heavy atom. The van der Waals surface area contributed by atoms with Crippen molar-refractivity contribution in [3.05, 3.63) is 23.8 Å². The zero-order chi connectivity index (χ0) is 15.2. The van der Waals surface area contributed by atoms with Crippen LogP contribution in [0.4, 0.5) is 0 Å². The number of nitrogens with one attached hydrogen (secondary N) is 1. The molecule has 0 saturated carbocycles. The van der Waals surface area contributed by atoms with Crippen LogP contribution in [0.2, 0.25) is 0 Å². The second-order valence-electron chi connectivity index (χ2n) is 6.05. The van der Waals surface area contributed by atoms with Gasteiger partial charge in [-0.1, -0.05) is 12.1 Å². The van der Waals surface area contributed by atoms with Crippen LogP contribution in [0.5, 0.6) is 11.5 Å². The van der Waals surface area contributed by atoms with Gasteiger partial charge in [-0.05, 0) is 51.4 Å². The molecule has 22 heavy (non-hydrogen) atoms. The molecule has 0 radical (unpaired) electrons. The normalized spacial score (nSPS) is 20.7. The number of aliphatic hydroxyl groups excluding tert-OH is 1. The predicted molar refractivity (Wildman–Crippen MR) is 85.2 cm³/mol. The van der Waals surface area contributed by atoms with Crippen molar-refractivity contribution >= 4 is 0 Å². The van der Waals surface area contributed by atoms with Crippen molar-refractivity contribution in [2.75, 3.05) is 33.0 Å². The molecular weight excluding hydrogens is 280 g/mol. The Morgan fingerprint density at radius 2 is 2.23 bits per heavy atom. The fraction of sp³-hybridized carbons (Fsp3) is 0.647. The molecule has 0 bridgehead atoms. The van der Waals surface area contributed by atoms with E-state index < -0.39 is 0 Å². The van der Waals surface area contributed by atoms with Crippen LogP contribution < -0.4 is 14.8 Å². The van der Waals surface area contributed by atoms with E-state index in [1.807, 2.05) is 12.1 Å². The van der Waals surface area contributed by atoms with E-state index in [4.69, 9.17) is 9.47 Å². The third-order valence-electron chi connectivity index (χ3n) is 4.55. The number of para-hydroxylation sites is 1. The van der Waals surface area contributed by atoms with Crippen molar-refractivity contribution in [3.63, 3.8) is 0 Å². The molecule has 2 N–H and O–H groups in total. The van der Waals surface area contributed by atoms with Crippen molar-refractivity contribution in [1.29, 1.82) is 0 Å². The number of aliphatic hydroxyl groups is 1. The van der Waals surface area contributed by atoms with E-state index in [0.29, 0.717) is 19.4 Å². The Labute approximate surface area is 132 Å². The fourth-order valence-corrected chi connectivity index (χ4v) is 3.31. The van der Waals surface area contributed by atoms with E-state index in [0.717, 1.165) is 56.1 Å². The van der Waals surface area contributed by atoms with Crippen LogP contribution in [0.1, 0.15) is 31.2 Å². The Balaban J connectivity index is 1.32. The maximum atomic E-state index is 9.30. The molecule has 5 heteroatoms. The van der Waals surface area contributed by atoms with Crippen LogP contribution >= 0.6 is 0 Å². The molecule has 122 valence electrons. The third kappa shape index (κ3) is 3.72. The lowest BCUT2D eigenvalue weighted by atomic mass is 10.2. The van der Waals surface area contributed by atoms with Gasteiger partial charge in [0, 0.05) is 18.2 Å². The smallest absolute Gasteiger partial charge is 0.231 e. The molecule has 2 aliphatic heterocycles. The highest BCUT2D eigenvalue weighted by Gasteiger charge is 2.22. The van der Waals surface area contributed by atoms with Gasteiger partial charge in [-0.2, -0.15) is 0 Å². The molecule has 0 aromatic heterocycles. The van der Waals surface area contributed by atoms with Crippen molar-refractivity contribution in [1.82, 2.24) is 10.2 Å². The van der Waals surface area contributed by atoms with Crippen molar-refractivity contribution in [2.24, 2.45) is 0 Å². The van der Waals surface area contributed by atoms with Gasteiger partial charge in [-0.15, -0.1) is 0 Å². The molecule has 0 spiro atoms. The van der Waals surface area contributed by atoms with Gasteiger partial charge < -0.3 is 19.9 Å². The topological polar surface area (TPSA) is 54.0 Å². The van der Waals surface area contributed by atoms with Gasteiger partial charge in [-0.25, -0.2) is 0 Å². The summed E-state index contributed by atoms with van der Waals surface area (Å²) in [5.41, 5.74) is 1.16. The maximum absolute atomic E-state index is 9.30. The van der Waals surface area contributed by atoms with Gasteiger partial charge in [0.25, 0.3) is 0 Å². The molecule has 1 saturated heterocycles. The number of nitrogens with zero attached hydrogens (tertiary/aromatic N) is 1. The summed E-state index contributed by atoms with van der Waals surface area (Å²) < 4.78 is 10.9. The van der Waals surface area contributed by atoms with Gasteiger partial charge in [0.15, 0.2) is 11.5 Å². The summed E-state index contributed by atoms with van der Waals surface area (Å²) in [5.74, 6) is 1.74. The minimum atomic E-state index is 0.305. The van der Waals surface area contributed by atoms with Crippen LogP contribution in [0.15, 0.2) is 18.2 Å². The molecule has 1 aromatic rings. The van der Waals surface area contributed by atoms with Gasteiger partial charge >= 0.3 is 0 Å². The monoisotopic (exact) mass is 306 g/mol. The predicted octanol–water partition coefficient (Wildman–Crippen LogP) is 1.74. The Morgan fingerprint density at radius 3 is 3.14 bits per heavy atom. The van der Waals surface area contributed by atoms with Crippen molar-refractivity contribution < 1.29 is 14.6 Å². The molecule has 2 aliphatic rings. The summed E-state index contributed by atoms with van der Waals surface area (Å²) in [6, 6.07) is 6.43. The molecule has 1 atom stereocenters. The molecule has 5 nitrogen and oxygen atoms in total. The largest absolute Gasteiger partial charge is 0.454 e.